The van der Waals surface area contributed by atoms with E-state index in [9.17, 15) is 16.8 Å². The predicted octanol–water partition coefficient (Wildman–Crippen LogP) is -0.532. The maximum absolute atomic E-state index is 10.8. The van der Waals surface area contributed by atoms with Crippen LogP contribution < -0.4 is 0 Å². The molecule has 0 saturated heterocycles. The van der Waals surface area contributed by atoms with Crippen LogP contribution in [0.3, 0.4) is 0 Å². The fourth-order valence-electron chi connectivity index (χ4n) is 1.04. The number of allylic oxidation sites excluding steroid dienone is 1. The lowest BCUT2D eigenvalue weighted by Crippen LogP contribution is -2.20. The summed E-state index contributed by atoms with van der Waals surface area (Å²) in [5.74, 6) is 0. The van der Waals surface area contributed by atoms with Gasteiger partial charge in [0.1, 0.15) is 4.86 Å². The first-order chi connectivity index (χ1) is 6.57. The van der Waals surface area contributed by atoms with Crippen molar-refractivity contribution in [3.63, 3.8) is 0 Å². The summed E-state index contributed by atoms with van der Waals surface area (Å²) < 4.78 is 42.9. The van der Waals surface area contributed by atoms with Crippen LogP contribution in [0.25, 0.3) is 0 Å². The summed E-state index contributed by atoms with van der Waals surface area (Å²) in [6, 6.07) is 0. The average Bonchev–Trinajstić information content (AvgIpc) is 2.16. The highest BCUT2D eigenvalue weighted by Gasteiger charge is 2.18. The van der Waals surface area contributed by atoms with Crippen molar-refractivity contribution in [3.8, 4) is 0 Å². The molecule has 0 radical (unpaired) electrons. The Labute approximate surface area is 83.9 Å². The van der Waals surface area contributed by atoms with Gasteiger partial charge >= 0.3 is 0 Å². The zero-order valence-electron chi connectivity index (χ0n) is 7.26. The predicted molar refractivity (Wildman–Crippen MR) is 54.7 cm³/mol. The van der Waals surface area contributed by atoms with E-state index in [0.717, 1.165) is 0 Å². The Morgan fingerprint density at radius 2 is 1.86 bits per heavy atom. The lowest BCUT2D eigenvalue weighted by Gasteiger charge is -2.05. The van der Waals surface area contributed by atoms with Gasteiger partial charge in [0.2, 0.25) is 25.6 Å². The molecule has 7 heteroatoms. The highest BCUT2D eigenvalue weighted by atomic mass is 32.2. The van der Waals surface area contributed by atoms with Crippen molar-refractivity contribution in [2.75, 3.05) is 0 Å². The molecule has 0 amide bonds. The van der Waals surface area contributed by atoms with Gasteiger partial charge in [-0.2, -0.15) is 16.8 Å². The van der Waals surface area contributed by atoms with Gasteiger partial charge in [0, 0.05) is 6.21 Å². The molecule has 14 heavy (non-hydrogen) atoms. The van der Waals surface area contributed by atoms with E-state index in [-0.39, 0.29) is 4.86 Å². The van der Waals surface area contributed by atoms with Gasteiger partial charge in [-0.25, -0.2) is 4.99 Å². The summed E-state index contributed by atoms with van der Waals surface area (Å²) in [7, 11) is -5.21. The highest BCUT2D eigenvalue weighted by molar-refractivity contribution is 7.82. The van der Waals surface area contributed by atoms with Gasteiger partial charge in [-0.1, -0.05) is 6.92 Å². The van der Waals surface area contributed by atoms with Crippen molar-refractivity contribution in [1.82, 2.24) is 0 Å². The molecule has 76 valence electrons. The standard InChI is InChI=1S/C7H7NO4S2/c1-2-5-3-4-8-7(14(11)12)6(5)13(9)10/h3-4H,2H2,1H3. The van der Waals surface area contributed by atoms with Crippen molar-refractivity contribution < 1.29 is 16.8 Å². The van der Waals surface area contributed by atoms with Gasteiger partial charge in [0.05, 0.1) is 0 Å². The Balaban J connectivity index is 3.64. The minimum Gasteiger partial charge on any atom is -0.239 e. The molecular formula is C7H7NO4S2. The minimum absolute atomic E-state index is 0.233. The van der Waals surface area contributed by atoms with Crippen LogP contribution in [-0.4, -0.2) is 32.9 Å². The quantitative estimate of drug-likeness (QED) is 0.570. The first-order valence-corrected chi connectivity index (χ1v) is 5.89. The van der Waals surface area contributed by atoms with E-state index < -0.39 is 25.6 Å². The fraction of sp³-hybridized carbons (Fsp3) is 0.286. The number of dihydropyridines is 1. The topological polar surface area (TPSA) is 80.6 Å². The highest BCUT2D eigenvalue weighted by Crippen LogP contribution is 2.07. The molecule has 0 aliphatic carbocycles. The van der Waals surface area contributed by atoms with Crippen molar-refractivity contribution in [1.29, 1.82) is 0 Å². The Bertz CT molecular complexity index is 559. The minimum atomic E-state index is -2.63. The molecule has 0 N–H and O–H groups in total. The molecule has 0 fully saturated rings. The number of rotatable bonds is 1. The van der Waals surface area contributed by atoms with E-state index in [1.54, 1.807) is 6.92 Å². The molecule has 0 aromatic rings. The fourth-order valence-corrected chi connectivity index (χ4v) is 2.50. The Morgan fingerprint density at radius 3 is 2.29 bits per heavy atom. The molecule has 0 spiro atoms. The van der Waals surface area contributed by atoms with E-state index in [1.807, 2.05) is 0 Å². The first-order valence-electron chi connectivity index (χ1n) is 3.74. The van der Waals surface area contributed by atoms with Crippen molar-refractivity contribution >= 4 is 36.7 Å². The Morgan fingerprint density at radius 1 is 1.21 bits per heavy atom. The van der Waals surface area contributed by atoms with Crippen LogP contribution in [0.2, 0.25) is 0 Å². The number of aliphatic imine (C=N–C) groups is 1. The zero-order valence-corrected chi connectivity index (χ0v) is 8.89. The van der Waals surface area contributed by atoms with Crippen LogP contribution in [0.15, 0.2) is 16.6 Å². The largest absolute Gasteiger partial charge is 0.242 e. The van der Waals surface area contributed by atoms with E-state index in [1.165, 1.54) is 12.3 Å². The third kappa shape index (κ3) is 1.99. The van der Waals surface area contributed by atoms with Gasteiger partial charge in [-0.15, -0.1) is 0 Å². The molecule has 0 bridgehead atoms. The summed E-state index contributed by atoms with van der Waals surface area (Å²) in [6.07, 6.45) is 3.21. The van der Waals surface area contributed by atoms with E-state index in [4.69, 9.17) is 0 Å². The second kappa shape index (κ2) is 4.34. The summed E-state index contributed by atoms with van der Waals surface area (Å²) in [6.45, 7) is 1.74. The van der Waals surface area contributed by atoms with Gasteiger partial charge in [0.15, 0.2) is 0 Å². The molecule has 1 aliphatic heterocycles. The van der Waals surface area contributed by atoms with Crippen LogP contribution in [0.5, 0.6) is 0 Å². The number of nitrogens with zero attached hydrogens (tertiary/aromatic N) is 1. The first kappa shape index (κ1) is 10.9. The summed E-state index contributed by atoms with van der Waals surface area (Å²) in [5.41, 5.74) is 0.451. The van der Waals surface area contributed by atoms with Gasteiger partial charge < -0.3 is 0 Å². The molecule has 0 aromatic heterocycles. The van der Waals surface area contributed by atoms with E-state index in [0.29, 0.717) is 12.0 Å². The van der Waals surface area contributed by atoms with Gasteiger partial charge in [0.25, 0.3) is 0 Å². The molecule has 1 heterocycles. The third-order valence-corrected chi connectivity index (χ3v) is 3.20. The molecule has 0 saturated carbocycles. The summed E-state index contributed by atoms with van der Waals surface area (Å²) in [5, 5.41) is 0. The Kier molecular flexibility index (Phi) is 3.37. The molecule has 5 nitrogen and oxygen atoms in total. The third-order valence-electron chi connectivity index (χ3n) is 1.66. The van der Waals surface area contributed by atoms with Crippen molar-refractivity contribution in [2.45, 2.75) is 13.3 Å². The van der Waals surface area contributed by atoms with Crippen LogP contribution in [0.1, 0.15) is 13.3 Å². The molecule has 1 aliphatic rings. The van der Waals surface area contributed by atoms with Crippen LogP contribution in [-0.2, 0) is 20.6 Å². The van der Waals surface area contributed by atoms with Crippen LogP contribution >= 0.6 is 0 Å². The monoisotopic (exact) mass is 233 g/mol. The van der Waals surface area contributed by atoms with Gasteiger partial charge in [-0.3, -0.25) is 0 Å². The normalized spacial score (nSPS) is 15.4. The SMILES string of the molecule is CCC1=CC=NC(=S(=O)=O)C1=S(=O)=O. The van der Waals surface area contributed by atoms with Crippen LogP contribution in [0, 0.1) is 0 Å². The summed E-state index contributed by atoms with van der Waals surface area (Å²) >= 11 is 0. The second-order valence-electron chi connectivity index (χ2n) is 2.43. The maximum atomic E-state index is 10.8. The average molecular weight is 233 g/mol. The molecule has 0 aromatic carbocycles. The van der Waals surface area contributed by atoms with Crippen molar-refractivity contribution in [2.24, 2.45) is 4.99 Å². The molecular weight excluding hydrogens is 226 g/mol. The smallest absolute Gasteiger partial charge is 0.239 e. The summed E-state index contributed by atoms with van der Waals surface area (Å²) in [4.78, 5) is 2.85. The lowest BCUT2D eigenvalue weighted by atomic mass is 10.1. The molecule has 1 rings (SSSR count). The molecule has 0 atom stereocenters. The zero-order chi connectivity index (χ0) is 10.7. The Hall–Kier alpha value is -1.21. The number of hydrogen-bond acceptors (Lipinski definition) is 4. The second-order valence-corrected chi connectivity index (χ2v) is 4.16. The number of hydrogen-bond donors (Lipinski definition) is 0. The van der Waals surface area contributed by atoms with Crippen LogP contribution in [0.4, 0.5) is 0 Å². The molecule has 0 unspecified atom stereocenters. The van der Waals surface area contributed by atoms with E-state index >= 15 is 0 Å². The van der Waals surface area contributed by atoms with Gasteiger partial charge in [-0.05, 0) is 18.1 Å². The maximum Gasteiger partial charge on any atom is 0.242 e. The van der Waals surface area contributed by atoms with E-state index in [2.05, 4.69) is 4.99 Å². The van der Waals surface area contributed by atoms with Crippen molar-refractivity contribution in [3.05, 3.63) is 11.6 Å². The lowest BCUT2D eigenvalue weighted by molar-refractivity contribution is 0.624.